The molecule has 8 nitrogen and oxygen atoms in total. The summed E-state index contributed by atoms with van der Waals surface area (Å²) in [6.45, 7) is 0. The molecule has 0 bridgehead atoms. The molecule has 0 amide bonds. The lowest BCUT2D eigenvalue weighted by Crippen LogP contribution is -1.97. The average Bonchev–Trinajstić information content (AvgIpc) is 3.25. The van der Waals surface area contributed by atoms with Gasteiger partial charge in [-0.2, -0.15) is 5.10 Å². The van der Waals surface area contributed by atoms with Gasteiger partial charge in [-0.1, -0.05) is 0 Å². The van der Waals surface area contributed by atoms with Crippen LogP contribution in [0.3, 0.4) is 0 Å². The number of aromatic nitrogens is 5. The number of sulfone groups is 1. The molecule has 4 heterocycles. The zero-order valence-electron chi connectivity index (χ0n) is 13.4. The molecule has 4 aromatic heterocycles. The molecule has 0 radical (unpaired) electrons. The third-order valence-electron chi connectivity index (χ3n) is 3.62. The molecule has 0 saturated carbocycles. The molecule has 0 spiro atoms. The monoisotopic (exact) mass is 374 g/mol. The van der Waals surface area contributed by atoms with Crippen molar-refractivity contribution in [3.63, 3.8) is 0 Å². The van der Waals surface area contributed by atoms with Crippen LogP contribution in [0.2, 0.25) is 0 Å². The second-order valence-electron chi connectivity index (χ2n) is 5.53. The number of nitrogens with zero attached hydrogens (tertiary/aromatic N) is 5. The Morgan fingerprint density at radius 1 is 1.20 bits per heavy atom. The van der Waals surface area contributed by atoms with E-state index in [0.717, 1.165) is 22.6 Å². The minimum absolute atomic E-state index is 0.307. The first kappa shape index (κ1) is 15.8. The zero-order valence-corrected chi connectivity index (χ0v) is 15.0. The van der Waals surface area contributed by atoms with E-state index in [1.165, 1.54) is 6.26 Å². The first-order valence-corrected chi connectivity index (χ1v) is 10.0. The van der Waals surface area contributed by atoms with Gasteiger partial charge >= 0.3 is 0 Å². The summed E-state index contributed by atoms with van der Waals surface area (Å²) in [5.41, 5.74) is 2.50. The molecule has 1 N–H and O–H groups in total. The zero-order chi connectivity index (χ0) is 17.6. The molecule has 0 fully saturated rings. The molecule has 128 valence electrons. The maximum absolute atomic E-state index is 11.6. The van der Waals surface area contributed by atoms with E-state index in [0.29, 0.717) is 20.7 Å². The number of nitrogens with one attached hydrogen (secondary N) is 1. The summed E-state index contributed by atoms with van der Waals surface area (Å²) in [5.74, 6) is 0.555. The Morgan fingerprint density at radius 3 is 2.72 bits per heavy atom. The third-order valence-corrected chi connectivity index (χ3v) is 6.44. The summed E-state index contributed by atoms with van der Waals surface area (Å²) in [6.07, 6.45) is 10.1. The van der Waals surface area contributed by atoms with Gasteiger partial charge in [-0.15, -0.1) is 11.3 Å². The predicted octanol–water partition coefficient (Wildman–Crippen LogP) is 2.34. The molecule has 0 unspecified atom stereocenters. The number of anilines is 2. The lowest BCUT2D eigenvalue weighted by Gasteiger charge is -2.05. The first-order valence-electron chi connectivity index (χ1n) is 7.30. The largest absolute Gasteiger partial charge is 0.329 e. The van der Waals surface area contributed by atoms with Crippen LogP contribution in [0.5, 0.6) is 0 Å². The molecule has 0 aliphatic heterocycles. The van der Waals surface area contributed by atoms with Crippen LogP contribution in [0.15, 0.2) is 47.3 Å². The van der Waals surface area contributed by atoms with Gasteiger partial charge in [0.05, 0.1) is 23.1 Å². The second kappa shape index (κ2) is 5.67. The maximum atomic E-state index is 11.6. The predicted molar refractivity (Wildman–Crippen MR) is 95.9 cm³/mol. The Bertz CT molecular complexity index is 1170. The van der Waals surface area contributed by atoms with Crippen molar-refractivity contribution < 1.29 is 8.42 Å². The summed E-state index contributed by atoms with van der Waals surface area (Å²) in [7, 11) is -1.36. The highest BCUT2D eigenvalue weighted by atomic mass is 32.2. The lowest BCUT2D eigenvalue weighted by atomic mass is 10.3. The van der Waals surface area contributed by atoms with E-state index in [-0.39, 0.29) is 0 Å². The van der Waals surface area contributed by atoms with Crippen molar-refractivity contribution in [1.82, 2.24) is 24.1 Å². The molecule has 4 rings (SSSR count). The van der Waals surface area contributed by atoms with Gasteiger partial charge in [0.1, 0.15) is 4.21 Å². The standard InChI is InChI=1S/C15H14N6O2S2/c1-20-9-10(7-18-20)11-8-17-15-14(16-5-6-21(11)15)19-12-3-4-13(24-12)25(2,22)23/h3-9H,1-2H3,(H,16,19). The molecular formula is C15H14N6O2S2. The quantitative estimate of drug-likeness (QED) is 0.589. The van der Waals surface area contributed by atoms with E-state index in [1.54, 1.807) is 35.4 Å². The van der Waals surface area contributed by atoms with Gasteiger partial charge in [0.25, 0.3) is 0 Å². The maximum Gasteiger partial charge on any atom is 0.184 e. The van der Waals surface area contributed by atoms with Crippen LogP contribution >= 0.6 is 11.3 Å². The van der Waals surface area contributed by atoms with Gasteiger partial charge in [0.15, 0.2) is 21.3 Å². The minimum Gasteiger partial charge on any atom is -0.329 e. The molecule has 0 saturated heterocycles. The summed E-state index contributed by atoms with van der Waals surface area (Å²) >= 11 is 1.16. The van der Waals surface area contributed by atoms with Crippen molar-refractivity contribution in [2.24, 2.45) is 7.05 Å². The number of thiophene rings is 1. The molecular weight excluding hydrogens is 360 g/mol. The molecule has 0 aliphatic carbocycles. The summed E-state index contributed by atoms with van der Waals surface area (Å²) in [6, 6.07) is 3.30. The van der Waals surface area contributed by atoms with Gasteiger partial charge in [-0.05, 0) is 12.1 Å². The highest BCUT2D eigenvalue weighted by Gasteiger charge is 2.14. The van der Waals surface area contributed by atoms with Crippen molar-refractivity contribution in [2.45, 2.75) is 4.21 Å². The van der Waals surface area contributed by atoms with E-state index < -0.39 is 9.84 Å². The van der Waals surface area contributed by atoms with Gasteiger partial charge in [-0.3, -0.25) is 9.08 Å². The number of fused-ring (bicyclic) bond motifs is 1. The number of hydrogen-bond donors (Lipinski definition) is 1. The van der Waals surface area contributed by atoms with Crippen LogP contribution < -0.4 is 5.32 Å². The van der Waals surface area contributed by atoms with Crippen LogP contribution in [0.1, 0.15) is 0 Å². The summed E-state index contributed by atoms with van der Waals surface area (Å²) in [4.78, 5) is 8.77. The van der Waals surface area contributed by atoms with E-state index in [9.17, 15) is 8.42 Å². The van der Waals surface area contributed by atoms with Gasteiger partial charge in [0, 0.05) is 37.5 Å². The normalized spacial score (nSPS) is 11.9. The molecule has 10 heteroatoms. The first-order chi connectivity index (χ1) is 11.9. The second-order valence-corrected chi connectivity index (χ2v) is 8.86. The van der Waals surface area contributed by atoms with Gasteiger partial charge in [0.2, 0.25) is 0 Å². The number of rotatable bonds is 4. The topological polar surface area (TPSA) is 94.2 Å². The van der Waals surface area contributed by atoms with Crippen LogP contribution in [-0.2, 0) is 16.9 Å². The van der Waals surface area contributed by atoms with Gasteiger partial charge in [-0.25, -0.2) is 18.4 Å². The van der Waals surface area contributed by atoms with Crippen molar-refractivity contribution in [3.05, 3.63) is 43.1 Å². The van der Waals surface area contributed by atoms with Crippen molar-refractivity contribution in [2.75, 3.05) is 11.6 Å². The van der Waals surface area contributed by atoms with E-state index >= 15 is 0 Å². The molecule has 0 aromatic carbocycles. The highest BCUT2D eigenvalue weighted by Crippen LogP contribution is 2.30. The molecule has 25 heavy (non-hydrogen) atoms. The number of aryl methyl sites for hydroxylation is 1. The minimum atomic E-state index is -3.22. The van der Waals surface area contributed by atoms with Crippen molar-refractivity contribution in [1.29, 1.82) is 0 Å². The number of imidazole rings is 1. The SMILES string of the molecule is Cn1cc(-c2cnc3c(Nc4ccc(S(C)(=O)=O)s4)nccn23)cn1. The van der Waals surface area contributed by atoms with Gasteiger partial charge < -0.3 is 5.32 Å². The van der Waals surface area contributed by atoms with E-state index in [1.807, 2.05) is 23.8 Å². The summed E-state index contributed by atoms with van der Waals surface area (Å²) < 4.78 is 27.2. The van der Waals surface area contributed by atoms with Crippen LogP contribution in [-0.4, -0.2) is 38.8 Å². The third kappa shape index (κ3) is 2.89. The van der Waals surface area contributed by atoms with Crippen LogP contribution in [0, 0.1) is 0 Å². The Kier molecular flexibility index (Phi) is 3.58. The molecule has 0 aliphatic rings. The van der Waals surface area contributed by atoms with Crippen LogP contribution in [0.25, 0.3) is 16.9 Å². The smallest absolute Gasteiger partial charge is 0.184 e. The molecule has 0 atom stereocenters. The Morgan fingerprint density at radius 2 is 2.04 bits per heavy atom. The summed E-state index contributed by atoms with van der Waals surface area (Å²) in [5, 5.41) is 8.02. The Labute approximate surface area is 147 Å². The van der Waals surface area contributed by atoms with E-state index in [4.69, 9.17) is 0 Å². The Balaban J connectivity index is 1.74. The van der Waals surface area contributed by atoms with E-state index in [2.05, 4.69) is 20.4 Å². The van der Waals surface area contributed by atoms with Crippen molar-refractivity contribution in [3.8, 4) is 11.3 Å². The lowest BCUT2D eigenvalue weighted by molar-refractivity contribution is 0.604. The Hall–Kier alpha value is -2.72. The fourth-order valence-corrected chi connectivity index (χ4v) is 4.30. The molecule has 4 aromatic rings. The number of hydrogen-bond acceptors (Lipinski definition) is 7. The van der Waals surface area contributed by atoms with Crippen molar-refractivity contribution >= 4 is 37.6 Å². The fourth-order valence-electron chi connectivity index (χ4n) is 2.48. The average molecular weight is 374 g/mol. The fraction of sp³-hybridized carbons (Fsp3) is 0.133. The van der Waals surface area contributed by atoms with Crippen LogP contribution in [0.4, 0.5) is 10.8 Å². The highest BCUT2D eigenvalue weighted by molar-refractivity contribution is 7.92.